The van der Waals surface area contributed by atoms with Crippen molar-refractivity contribution < 1.29 is 9.53 Å². The SMILES string of the molecule is COc1ccc(Cn2cc(CNC(=O)c3cccs3)nn2)cc1. The molecule has 0 spiro atoms. The lowest BCUT2D eigenvalue weighted by molar-refractivity contribution is 0.0954. The molecule has 0 saturated heterocycles. The van der Waals surface area contributed by atoms with Crippen LogP contribution in [0.4, 0.5) is 0 Å². The van der Waals surface area contributed by atoms with Crippen molar-refractivity contribution in [1.82, 2.24) is 20.3 Å². The maximum atomic E-state index is 11.9. The van der Waals surface area contributed by atoms with E-state index in [0.717, 1.165) is 17.0 Å². The molecule has 0 unspecified atom stereocenters. The van der Waals surface area contributed by atoms with Gasteiger partial charge in [-0.2, -0.15) is 0 Å². The average Bonchev–Trinajstić information content (AvgIpc) is 3.25. The summed E-state index contributed by atoms with van der Waals surface area (Å²) < 4.78 is 6.88. The summed E-state index contributed by atoms with van der Waals surface area (Å²) in [6, 6.07) is 11.4. The van der Waals surface area contributed by atoms with Gasteiger partial charge in [0.05, 0.1) is 31.3 Å². The minimum absolute atomic E-state index is 0.0929. The number of benzene rings is 1. The van der Waals surface area contributed by atoms with E-state index in [1.807, 2.05) is 41.9 Å². The molecule has 118 valence electrons. The Morgan fingerprint density at radius 1 is 1.30 bits per heavy atom. The molecule has 0 saturated carbocycles. The van der Waals surface area contributed by atoms with Crippen molar-refractivity contribution in [3.8, 4) is 5.75 Å². The van der Waals surface area contributed by atoms with E-state index in [-0.39, 0.29) is 5.91 Å². The van der Waals surface area contributed by atoms with Gasteiger partial charge >= 0.3 is 0 Å². The Labute approximate surface area is 137 Å². The number of rotatable bonds is 6. The van der Waals surface area contributed by atoms with Gasteiger partial charge in [0, 0.05) is 0 Å². The highest BCUT2D eigenvalue weighted by Gasteiger charge is 2.08. The van der Waals surface area contributed by atoms with Gasteiger partial charge in [0.2, 0.25) is 0 Å². The molecular weight excluding hydrogens is 312 g/mol. The first-order chi connectivity index (χ1) is 11.2. The number of nitrogens with one attached hydrogen (secondary N) is 1. The molecule has 0 atom stereocenters. The van der Waals surface area contributed by atoms with Gasteiger partial charge in [0.1, 0.15) is 11.4 Å². The van der Waals surface area contributed by atoms with Crippen LogP contribution in [0.3, 0.4) is 0 Å². The summed E-state index contributed by atoms with van der Waals surface area (Å²) >= 11 is 1.41. The molecule has 3 rings (SSSR count). The third-order valence-corrected chi connectivity index (χ3v) is 4.13. The van der Waals surface area contributed by atoms with E-state index in [0.29, 0.717) is 18.0 Å². The standard InChI is InChI=1S/C16H16N4O2S/c1-22-14-6-4-12(5-7-14)10-20-11-13(18-19-20)9-17-16(21)15-3-2-8-23-15/h2-8,11H,9-10H2,1H3,(H,17,21). The Morgan fingerprint density at radius 2 is 2.13 bits per heavy atom. The van der Waals surface area contributed by atoms with Gasteiger partial charge < -0.3 is 10.1 Å². The molecule has 2 aromatic heterocycles. The van der Waals surface area contributed by atoms with Crippen molar-refractivity contribution in [1.29, 1.82) is 0 Å². The summed E-state index contributed by atoms with van der Waals surface area (Å²) in [5.74, 6) is 0.731. The minimum Gasteiger partial charge on any atom is -0.497 e. The number of nitrogens with zero attached hydrogens (tertiary/aromatic N) is 3. The van der Waals surface area contributed by atoms with Crippen molar-refractivity contribution >= 4 is 17.2 Å². The lowest BCUT2D eigenvalue weighted by atomic mass is 10.2. The van der Waals surface area contributed by atoms with Crippen molar-refractivity contribution in [3.63, 3.8) is 0 Å². The number of carbonyl (C=O) groups is 1. The van der Waals surface area contributed by atoms with Gasteiger partial charge in [-0.15, -0.1) is 16.4 Å². The fraction of sp³-hybridized carbons (Fsp3) is 0.188. The zero-order chi connectivity index (χ0) is 16.1. The first-order valence-electron chi connectivity index (χ1n) is 7.08. The molecular formula is C16H16N4O2S. The highest BCUT2D eigenvalue weighted by atomic mass is 32.1. The van der Waals surface area contributed by atoms with Crippen molar-refractivity contribution in [2.24, 2.45) is 0 Å². The van der Waals surface area contributed by atoms with E-state index >= 15 is 0 Å². The fourth-order valence-corrected chi connectivity index (χ4v) is 2.72. The van der Waals surface area contributed by atoms with Crippen LogP contribution in [0.1, 0.15) is 20.9 Å². The minimum atomic E-state index is -0.0929. The predicted octanol–water partition coefficient (Wildman–Crippen LogP) is 2.33. The third-order valence-electron chi connectivity index (χ3n) is 3.26. The van der Waals surface area contributed by atoms with Crippen molar-refractivity contribution in [2.75, 3.05) is 7.11 Å². The Morgan fingerprint density at radius 3 is 2.83 bits per heavy atom. The van der Waals surface area contributed by atoms with E-state index in [9.17, 15) is 4.79 Å². The molecule has 0 radical (unpaired) electrons. The molecule has 1 aromatic carbocycles. The zero-order valence-corrected chi connectivity index (χ0v) is 13.4. The summed E-state index contributed by atoms with van der Waals surface area (Å²) in [5.41, 5.74) is 1.83. The molecule has 23 heavy (non-hydrogen) atoms. The average molecular weight is 328 g/mol. The molecule has 1 amide bonds. The van der Waals surface area contributed by atoms with Crippen LogP contribution < -0.4 is 10.1 Å². The number of hydrogen-bond acceptors (Lipinski definition) is 5. The number of ether oxygens (including phenoxy) is 1. The Balaban J connectivity index is 1.56. The predicted molar refractivity (Wildman–Crippen MR) is 87.6 cm³/mol. The summed E-state index contributed by atoms with van der Waals surface area (Å²) in [4.78, 5) is 12.6. The quantitative estimate of drug-likeness (QED) is 0.754. The second kappa shape index (κ2) is 7.06. The highest BCUT2D eigenvalue weighted by Crippen LogP contribution is 2.12. The topological polar surface area (TPSA) is 69.0 Å². The van der Waals surface area contributed by atoms with E-state index in [1.54, 1.807) is 17.9 Å². The van der Waals surface area contributed by atoms with Crippen LogP contribution >= 0.6 is 11.3 Å². The van der Waals surface area contributed by atoms with Gasteiger partial charge in [0.15, 0.2) is 0 Å². The molecule has 2 heterocycles. The van der Waals surface area contributed by atoms with Gasteiger partial charge in [-0.05, 0) is 29.1 Å². The molecule has 0 aliphatic heterocycles. The van der Waals surface area contributed by atoms with Crippen LogP contribution in [0.25, 0.3) is 0 Å². The summed E-state index contributed by atoms with van der Waals surface area (Å²) in [5, 5.41) is 12.9. The molecule has 6 nitrogen and oxygen atoms in total. The van der Waals surface area contributed by atoms with Crippen molar-refractivity contribution in [2.45, 2.75) is 13.1 Å². The first kappa shape index (κ1) is 15.2. The molecule has 0 aliphatic carbocycles. The molecule has 7 heteroatoms. The highest BCUT2D eigenvalue weighted by molar-refractivity contribution is 7.12. The summed E-state index contributed by atoms with van der Waals surface area (Å²) in [7, 11) is 1.64. The normalized spacial score (nSPS) is 10.5. The van der Waals surface area contributed by atoms with E-state index in [2.05, 4.69) is 15.6 Å². The van der Waals surface area contributed by atoms with Crippen molar-refractivity contribution in [3.05, 3.63) is 64.1 Å². The van der Waals surface area contributed by atoms with E-state index in [1.165, 1.54) is 11.3 Å². The molecule has 0 aliphatic rings. The number of amides is 1. The number of thiophene rings is 1. The van der Waals surface area contributed by atoms with Crippen LogP contribution in [0.5, 0.6) is 5.75 Å². The molecule has 0 bridgehead atoms. The molecule has 1 N–H and O–H groups in total. The number of hydrogen-bond donors (Lipinski definition) is 1. The first-order valence-corrected chi connectivity index (χ1v) is 7.96. The zero-order valence-electron chi connectivity index (χ0n) is 12.6. The van der Waals surface area contributed by atoms with E-state index < -0.39 is 0 Å². The Hall–Kier alpha value is -2.67. The number of aromatic nitrogens is 3. The molecule has 0 fully saturated rings. The number of carbonyl (C=O) groups excluding carboxylic acids is 1. The van der Waals surface area contributed by atoms with Crippen LogP contribution in [-0.4, -0.2) is 28.0 Å². The second-order valence-electron chi connectivity index (χ2n) is 4.92. The Bertz CT molecular complexity index is 766. The van der Waals surface area contributed by atoms with Crippen LogP contribution in [0, 0.1) is 0 Å². The second-order valence-corrected chi connectivity index (χ2v) is 5.86. The lowest BCUT2D eigenvalue weighted by Crippen LogP contribution is -2.21. The van der Waals surface area contributed by atoms with Crippen LogP contribution in [0.2, 0.25) is 0 Å². The largest absolute Gasteiger partial charge is 0.497 e. The lowest BCUT2D eigenvalue weighted by Gasteiger charge is -2.03. The Kier molecular flexibility index (Phi) is 4.68. The van der Waals surface area contributed by atoms with Crippen LogP contribution in [-0.2, 0) is 13.1 Å². The van der Waals surface area contributed by atoms with E-state index in [4.69, 9.17) is 4.74 Å². The fourth-order valence-electron chi connectivity index (χ4n) is 2.08. The van der Waals surface area contributed by atoms with Gasteiger partial charge in [0.25, 0.3) is 5.91 Å². The van der Waals surface area contributed by atoms with Gasteiger partial charge in [-0.1, -0.05) is 23.4 Å². The smallest absolute Gasteiger partial charge is 0.261 e. The maximum Gasteiger partial charge on any atom is 0.261 e. The van der Waals surface area contributed by atoms with Gasteiger partial charge in [-0.25, -0.2) is 4.68 Å². The molecule has 3 aromatic rings. The van der Waals surface area contributed by atoms with Crippen LogP contribution in [0.15, 0.2) is 48.0 Å². The van der Waals surface area contributed by atoms with Gasteiger partial charge in [-0.3, -0.25) is 4.79 Å². The third kappa shape index (κ3) is 3.95. The summed E-state index contributed by atoms with van der Waals surface area (Å²) in [6.07, 6.45) is 1.83. The monoisotopic (exact) mass is 328 g/mol. The summed E-state index contributed by atoms with van der Waals surface area (Å²) in [6.45, 7) is 0.981. The maximum absolute atomic E-state index is 11.9. The number of methoxy groups -OCH3 is 1.